The van der Waals surface area contributed by atoms with Crippen LogP contribution in [0.5, 0.6) is 0 Å². The number of aryl methyl sites for hydroxylation is 1. The fraction of sp³-hybridized carbons (Fsp3) is 0.300. The third-order valence-electron chi connectivity index (χ3n) is 1.85. The molecule has 0 aliphatic heterocycles. The molecule has 0 aromatic heterocycles. The molecule has 0 heterocycles. The standard InChI is InChI=1S/C10H12FNO/c1-8-3-4-9(5-10(8)11)6-12(2)7-13/h3-5,7H,6H2,1-2H3. The van der Waals surface area contributed by atoms with Crippen LogP contribution in [0.2, 0.25) is 0 Å². The van der Waals surface area contributed by atoms with E-state index in [2.05, 4.69) is 0 Å². The third kappa shape index (κ3) is 2.54. The topological polar surface area (TPSA) is 20.3 Å². The Labute approximate surface area is 77.0 Å². The quantitative estimate of drug-likeness (QED) is 0.650. The Hall–Kier alpha value is -1.38. The van der Waals surface area contributed by atoms with Crippen molar-refractivity contribution in [1.82, 2.24) is 4.90 Å². The Morgan fingerprint density at radius 1 is 1.54 bits per heavy atom. The van der Waals surface area contributed by atoms with Gasteiger partial charge in [0, 0.05) is 13.6 Å². The van der Waals surface area contributed by atoms with Crippen LogP contribution in [0.4, 0.5) is 4.39 Å². The van der Waals surface area contributed by atoms with Gasteiger partial charge in [-0.1, -0.05) is 12.1 Å². The highest BCUT2D eigenvalue weighted by molar-refractivity contribution is 5.46. The normalized spacial score (nSPS) is 9.77. The van der Waals surface area contributed by atoms with E-state index in [-0.39, 0.29) is 5.82 Å². The molecule has 0 saturated heterocycles. The minimum absolute atomic E-state index is 0.225. The van der Waals surface area contributed by atoms with Crippen LogP contribution in [0, 0.1) is 12.7 Å². The number of amides is 1. The third-order valence-corrected chi connectivity index (χ3v) is 1.85. The van der Waals surface area contributed by atoms with E-state index >= 15 is 0 Å². The number of rotatable bonds is 3. The van der Waals surface area contributed by atoms with Crippen molar-refractivity contribution in [3.8, 4) is 0 Å². The lowest BCUT2D eigenvalue weighted by molar-refractivity contribution is -0.117. The molecule has 1 amide bonds. The smallest absolute Gasteiger partial charge is 0.209 e. The van der Waals surface area contributed by atoms with Gasteiger partial charge < -0.3 is 4.90 Å². The van der Waals surface area contributed by atoms with E-state index in [9.17, 15) is 9.18 Å². The number of benzene rings is 1. The molecule has 13 heavy (non-hydrogen) atoms. The van der Waals surface area contributed by atoms with Crippen LogP contribution >= 0.6 is 0 Å². The highest BCUT2D eigenvalue weighted by atomic mass is 19.1. The molecule has 0 aliphatic carbocycles. The molecule has 0 bridgehead atoms. The molecule has 1 aromatic carbocycles. The van der Waals surface area contributed by atoms with E-state index in [1.165, 1.54) is 11.0 Å². The average molecular weight is 181 g/mol. The number of hydrogen-bond donors (Lipinski definition) is 0. The van der Waals surface area contributed by atoms with Gasteiger partial charge in [-0.05, 0) is 24.1 Å². The summed E-state index contributed by atoms with van der Waals surface area (Å²) >= 11 is 0. The van der Waals surface area contributed by atoms with Gasteiger partial charge >= 0.3 is 0 Å². The van der Waals surface area contributed by atoms with E-state index in [4.69, 9.17) is 0 Å². The van der Waals surface area contributed by atoms with Gasteiger partial charge in [0.05, 0.1) is 0 Å². The van der Waals surface area contributed by atoms with Gasteiger partial charge in [-0.15, -0.1) is 0 Å². The van der Waals surface area contributed by atoms with Crippen LogP contribution in [-0.4, -0.2) is 18.4 Å². The van der Waals surface area contributed by atoms with Gasteiger partial charge in [0.1, 0.15) is 5.82 Å². The van der Waals surface area contributed by atoms with Crippen molar-refractivity contribution in [1.29, 1.82) is 0 Å². The SMILES string of the molecule is Cc1ccc(CN(C)C=O)cc1F. The van der Waals surface area contributed by atoms with E-state index in [1.807, 2.05) is 6.07 Å². The first-order valence-electron chi connectivity index (χ1n) is 4.04. The summed E-state index contributed by atoms with van der Waals surface area (Å²) in [4.78, 5) is 11.8. The molecule has 0 radical (unpaired) electrons. The average Bonchev–Trinajstić information content (AvgIpc) is 2.11. The molecule has 1 rings (SSSR count). The fourth-order valence-electron chi connectivity index (χ4n) is 1.06. The number of hydrogen-bond acceptors (Lipinski definition) is 1. The molecule has 0 atom stereocenters. The lowest BCUT2D eigenvalue weighted by Gasteiger charge is -2.10. The summed E-state index contributed by atoms with van der Waals surface area (Å²) in [5.41, 5.74) is 1.43. The fourth-order valence-corrected chi connectivity index (χ4v) is 1.06. The number of halogens is 1. The molecule has 1 aromatic rings. The summed E-state index contributed by atoms with van der Waals surface area (Å²) in [6.07, 6.45) is 0.720. The summed E-state index contributed by atoms with van der Waals surface area (Å²) < 4.78 is 13.0. The maximum atomic E-state index is 13.0. The van der Waals surface area contributed by atoms with Crippen molar-refractivity contribution in [3.05, 3.63) is 35.1 Å². The lowest BCUT2D eigenvalue weighted by Crippen LogP contribution is -2.14. The van der Waals surface area contributed by atoms with Gasteiger partial charge in [-0.3, -0.25) is 4.79 Å². The predicted octanol–water partition coefficient (Wildman–Crippen LogP) is 1.72. The van der Waals surface area contributed by atoms with E-state index < -0.39 is 0 Å². The zero-order chi connectivity index (χ0) is 9.84. The maximum absolute atomic E-state index is 13.0. The van der Waals surface area contributed by atoms with Crippen molar-refractivity contribution >= 4 is 6.41 Å². The highest BCUT2D eigenvalue weighted by Gasteiger charge is 2.00. The lowest BCUT2D eigenvalue weighted by atomic mass is 10.1. The molecule has 0 N–H and O–H groups in total. The minimum Gasteiger partial charge on any atom is -0.344 e. The molecule has 0 unspecified atom stereocenters. The monoisotopic (exact) mass is 181 g/mol. The van der Waals surface area contributed by atoms with Crippen molar-refractivity contribution < 1.29 is 9.18 Å². The van der Waals surface area contributed by atoms with Crippen molar-refractivity contribution in [2.75, 3.05) is 7.05 Å². The second-order valence-electron chi connectivity index (χ2n) is 3.10. The summed E-state index contributed by atoms with van der Waals surface area (Å²) in [5, 5.41) is 0. The Bertz CT molecular complexity index is 312. The molecule has 70 valence electrons. The summed E-state index contributed by atoms with van der Waals surface area (Å²) in [6.45, 7) is 2.16. The summed E-state index contributed by atoms with van der Waals surface area (Å²) in [7, 11) is 1.66. The zero-order valence-corrected chi connectivity index (χ0v) is 7.75. The van der Waals surface area contributed by atoms with Crippen LogP contribution in [-0.2, 0) is 11.3 Å². The van der Waals surface area contributed by atoms with Crippen LogP contribution in [0.3, 0.4) is 0 Å². The zero-order valence-electron chi connectivity index (χ0n) is 7.75. The first-order chi connectivity index (χ1) is 6.13. The van der Waals surface area contributed by atoms with Crippen LogP contribution in [0.15, 0.2) is 18.2 Å². The molecule has 0 aliphatic rings. The van der Waals surface area contributed by atoms with E-state index in [0.717, 1.165) is 12.0 Å². The first-order valence-corrected chi connectivity index (χ1v) is 4.04. The van der Waals surface area contributed by atoms with Gasteiger partial charge in [-0.25, -0.2) is 4.39 Å². The van der Waals surface area contributed by atoms with Crippen molar-refractivity contribution in [2.24, 2.45) is 0 Å². The Kier molecular flexibility index (Phi) is 3.01. The van der Waals surface area contributed by atoms with Gasteiger partial charge in [0.2, 0.25) is 6.41 Å². The van der Waals surface area contributed by atoms with Crippen LogP contribution < -0.4 is 0 Å². The van der Waals surface area contributed by atoms with E-state index in [0.29, 0.717) is 12.1 Å². The Morgan fingerprint density at radius 3 is 2.77 bits per heavy atom. The summed E-state index contributed by atoms with van der Waals surface area (Å²) in [5.74, 6) is -0.225. The predicted molar refractivity (Wildman–Crippen MR) is 48.7 cm³/mol. The summed E-state index contributed by atoms with van der Waals surface area (Å²) in [6, 6.07) is 4.98. The maximum Gasteiger partial charge on any atom is 0.209 e. The molecule has 0 fully saturated rings. The van der Waals surface area contributed by atoms with Crippen LogP contribution in [0.1, 0.15) is 11.1 Å². The molecule has 3 heteroatoms. The molecule has 2 nitrogen and oxygen atoms in total. The second kappa shape index (κ2) is 4.03. The van der Waals surface area contributed by atoms with Crippen LogP contribution in [0.25, 0.3) is 0 Å². The van der Waals surface area contributed by atoms with Crippen molar-refractivity contribution in [3.63, 3.8) is 0 Å². The van der Waals surface area contributed by atoms with Crippen molar-refractivity contribution in [2.45, 2.75) is 13.5 Å². The van der Waals surface area contributed by atoms with Gasteiger partial charge in [-0.2, -0.15) is 0 Å². The Morgan fingerprint density at radius 2 is 2.23 bits per heavy atom. The first kappa shape index (κ1) is 9.71. The number of nitrogens with zero attached hydrogens (tertiary/aromatic N) is 1. The van der Waals surface area contributed by atoms with Gasteiger partial charge in [0.25, 0.3) is 0 Å². The highest BCUT2D eigenvalue weighted by Crippen LogP contribution is 2.10. The molecule has 0 spiro atoms. The number of carbonyl (C=O) groups excluding carboxylic acids is 1. The second-order valence-corrected chi connectivity index (χ2v) is 3.10. The molecular formula is C10H12FNO. The minimum atomic E-state index is -0.225. The number of carbonyl (C=O) groups is 1. The largest absolute Gasteiger partial charge is 0.344 e. The molecular weight excluding hydrogens is 169 g/mol. The molecule has 0 saturated carbocycles. The Balaban J connectivity index is 2.79. The van der Waals surface area contributed by atoms with Gasteiger partial charge in [0.15, 0.2) is 0 Å². The van der Waals surface area contributed by atoms with E-state index in [1.54, 1.807) is 20.0 Å².